The number of benzene rings is 9. The lowest BCUT2D eigenvalue weighted by molar-refractivity contribution is 1.13. The Labute approximate surface area is 349 Å². The molecule has 282 valence electrons. The number of rotatable bonds is 7. The van der Waals surface area contributed by atoms with Crippen LogP contribution >= 0.6 is 10.5 Å². The smallest absolute Gasteiger partial charge is 0.00151 e. The molecule has 0 aromatic heterocycles. The van der Waals surface area contributed by atoms with Crippen LogP contribution in [0.5, 0.6) is 0 Å². The molecule has 0 amide bonds. The SMILES string of the molecule is C=S(C)c1ccc(-c2c3ccccc3c(-c3c4c(c(-c5ccc(C6CC6)cc5-c5ccccc5)c5ccccc35)C=CCC=C4)c3ccccc23)c(-c2ccccc2)c1. The molecule has 59 heavy (non-hydrogen) atoms. The third kappa shape index (κ3) is 6.12. The maximum Gasteiger partial charge on any atom is 0.00151 e. The fraction of sp³-hybridized carbons (Fsp3) is 0.0862. The normalized spacial score (nSPS) is 14.1. The van der Waals surface area contributed by atoms with Crippen LogP contribution in [0.25, 0.3) is 100 Å². The number of hydrogen-bond donors (Lipinski definition) is 0. The van der Waals surface area contributed by atoms with E-state index in [2.05, 4.69) is 206 Å². The minimum Gasteiger partial charge on any atom is -0.165 e. The van der Waals surface area contributed by atoms with Crippen LogP contribution in [0, 0.1) is 0 Å². The summed E-state index contributed by atoms with van der Waals surface area (Å²) in [6.45, 7) is 0. The molecular formula is C58H44S. The lowest BCUT2D eigenvalue weighted by Crippen LogP contribution is -1.99. The Hall–Kier alpha value is -6.54. The molecule has 0 heterocycles. The van der Waals surface area contributed by atoms with Crippen LogP contribution in [0.1, 0.15) is 41.9 Å². The minimum absolute atomic E-state index is 0.118. The number of fused-ring (bicyclic) bond motifs is 4. The molecule has 0 nitrogen and oxygen atoms in total. The van der Waals surface area contributed by atoms with E-state index in [1.165, 1.54) is 122 Å². The van der Waals surface area contributed by atoms with E-state index >= 15 is 0 Å². The van der Waals surface area contributed by atoms with Crippen LogP contribution in [-0.4, -0.2) is 12.1 Å². The van der Waals surface area contributed by atoms with Gasteiger partial charge in [-0.3, -0.25) is 0 Å². The van der Waals surface area contributed by atoms with Gasteiger partial charge in [0, 0.05) is 4.90 Å². The molecule has 1 fully saturated rings. The van der Waals surface area contributed by atoms with Crippen LogP contribution < -0.4 is 0 Å². The first-order chi connectivity index (χ1) is 29.1. The Morgan fingerprint density at radius 2 is 0.864 bits per heavy atom. The van der Waals surface area contributed by atoms with E-state index in [9.17, 15) is 0 Å². The van der Waals surface area contributed by atoms with Crippen molar-refractivity contribution >= 4 is 60.8 Å². The van der Waals surface area contributed by atoms with Crippen molar-refractivity contribution in [1.82, 2.24) is 0 Å². The summed E-state index contributed by atoms with van der Waals surface area (Å²) in [6, 6.07) is 63.6. The summed E-state index contributed by atoms with van der Waals surface area (Å²) in [6.07, 6.45) is 15.2. The molecule has 1 saturated carbocycles. The maximum absolute atomic E-state index is 4.43. The van der Waals surface area contributed by atoms with Crippen molar-refractivity contribution in [2.75, 3.05) is 6.26 Å². The largest absolute Gasteiger partial charge is 0.165 e. The van der Waals surface area contributed by atoms with Crippen molar-refractivity contribution in [2.24, 2.45) is 0 Å². The van der Waals surface area contributed by atoms with Crippen molar-refractivity contribution in [1.29, 1.82) is 0 Å². The molecule has 0 spiro atoms. The molecule has 0 radical (unpaired) electrons. The van der Waals surface area contributed by atoms with Crippen LogP contribution in [0.3, 0.4) is 0 Å². The van der Waals surface area contributed by atoms with E-state index in [4.69, 9.17) is 0 Å². The molecule has 0 bridgehead atoms. The van der Waals surface area contributed by atoms with Gasteiger partial charge in [0.05, 0.1) is 0 Å². The summed E-state index contributed by atoms with van der Waals surface area (Å²) in [5.41, 5.74) is 16.8. The zero-order valence-electron chi connectivity index (χ0n) is 33.3. The number of hydrogen-bond acceptors (Lipinski definition) is 0. The van der Waals surface area contributed by atoms with E-state index in [-0.39, 0.29) is 10.5 Å². The Balaban J connectivity index is 1.26. The lowest BCUT2D eigenvalue weighted by Gasteiger charge is -2.25. The summed E-state index contributed by atoms with van der Waals surface area (Å²) >= 11 is 0. The van der Waals surface area contributed by atoms with Gasteiger partial charge in [-0.15, -0.1) is 0 Å². The average molecular weight is 773 g/mol. The van der Waals surface area contributed by atoms with Crippen molar-refractivity contribution in [3.63, 3.8) is 0 Å². The van der Waals surface area contributed by atoms with E-state index in [1.54, 1.807) is 0 Å². The van der Waals surface area contributed by atoms with E-state index in [0.717, 1.165) is 6.42 Å². The first-order valence-corrected chi connectivity index (χ1v) is 22.6. The molecule has 0 aliphatic heterocycles. The van der Waals surface area contributed by atoms with Crippen LogP contribution in [-0.2, 0) is 0 Å². The van der Waals surface area contributed by atoms with Gasteiger partial charge in [0.2, 0.25) is 0 Å². The third-order valence-corrected chi connectivity index (χ3v) is 13.6. The molecule has 9 aromatic carbocycles. The maximum atomic E-state index is 4.43. The predicted molar refractivity (Wildman–Crippen MR) is 260 cm³/mol. The molecule has 9 aromatic rings. The van der Waals surface area contributed by atoms with Gasteiger partial charge >= 0.3 is 0 Å². The highest BCUT2D eigenvalue weighted by atomic mass is 32.2. The predicted octanol–water partition coefficient (Wildman–Crippen LogP) is 16.5. The van der Waals surface area contributed by atoms with Gasteiger partial charge < -0.3 is 0 Å². The van der Waals surface area contributed by atoms with Crippen molar-refractivity contribution in [3.8, 4) is 55.6 Å². The molecule has 1 unspecified atom stereocenters. The Morgan fingerprint density at radius 1 is 0.424 bits per heavy atom. The highest BCUT2D eigenvalue weighted by Gasteiger charge is 2.28. The monoisotopic (exact) mass is 772 g/mol. The van der Waals surface area contributed by atoms with Crippen molar-refractivity contribution in [3.05, 3.63) is 199 Å². The molecule has 1 atom stereocenters. The standard InChI is InChI=1S/C58H44S/c1-59(2)42-33-35-52(54(37-42)40-20-8-4-9-21-40)56-45-25-13-16-28-49(45)58(50-29-17-14-26-46(50)56)57-47-23-11-5-10-22-43(47)55(44-24-12-15-27-48(44)57)51-34-32-41(38-30-31-38)36-53(51)39-18-6-3-7-19-39/h3-4,6-29,32-38H,1,5,30-31H2,2H3. The summed E-state index contributed by atoms with van der Waals surface area (Å²) < 4.78 is 0. The van der Waals surface area contributed by atoms with E-state index in [0.29, 0.717) is 5.92 Å². The van der Waals surface area contributed by atoms with Gasteiger partial charge in [0.1, 0.15) is 0 Å². The molecule has 0 N–H and O–H groups in total. The minimum atomic E-state index is -0.118. The van der Waals surface area contributed by atoms with Crippen LogP contribution in [0.4, 0.5) is 0 Å². The summed E-state index contributed by atoms with van der Waals surface area (Å²) in [4.78, 5) is 1.27. The van der Waals surface area contributed by atoms with Gasteiger partial charge in [0.15, 0.2) is 0 Å². The highest BCUT2D eigenvalue weighted by molar-refractivity contribution is 8.13. The van der Waals surface area contributed by atoms with Gasteiger partial charge in [-0.2, -0.15) is 10.5 Å². The third-order valence-electron chi connectivity index (χ3n) is 12.5. The quantitative estimate of drug-likeness (QED) is 0.112. The molecule has 11 rings (SSSR count). The van der Waals surface area contributed by atoms with Crippen LogP contribution in [0.2, 0.25) is 0 Å². The second kappa shape index (κ2) is 14.7. The first kappa shape index (κ1) is 35.6. The highest BCUT2D eigenvalue weighted by Crippen LogP contribution is 2.53. The Bertz CT molecular complexity index is 3140. The molecular weight excluding hydrogens is 729 g/mol. The second-order valence-corrected chi connectivity index (χ2v) is 17.9. The fourth-order valence-electron chi connectivity index (χ4n) is 9.64. The molecule has 2 aliphatic carbocycles. The molecule has 2 aliphatic rings. The van der Waals surface area contributed by atoms with Gasteiger partial charge in [-0.1, -0.05) is 188 Å². The van der Waals surface area contributed by atoms with Crippen molar-refractivity contribution in [2.45, 2.75) is 30.1 Å². The zero-order chi connectivity index (χ0) is 39.5. The lowest BCUT2D eigenvalue weighted by atomic mass is 9.78. The Kier molecular flexibility index (Phi) is 8.86. The topological polar surface area (TPSA) is 0 Å². The number of allylic oxidation sites excluding steroid dienone is 2. The summed E-state index contributed by atoms with van der Waals surface area (Å²) in [5, 5.41) is 7.59. The Morgan fingerprint density at radius 3 is 1.41 bits per heavy atom. The van der Waals surface area contributed by atoms with Crippen LogP contribution in [0.15, 0.2) is 187 Å². The fourth-order valence-corrected chi connectivity index (χ4v) is 10.3. The van der Waals surface area contributed by atoms with E-state index < -0.39 is 0 Å². The van der Waals surface area contributed by atoms with Gasteiger partial charge in [-0.25, -0.2) is 0 Å². The zero-order valence-corrected chi connectivity index (χ0v) is 34.1. The molecule has 1 heteroatoms. The first-order valence-electron chi connectivity index (χ1n) is 20.8. The molecule has 0 saturated heterocycles. The van der Waals surface area contributed by atoms with E-state index in [1.807, 2.05) is 0 Å². The van der Waals surface area contributed by atoms with Gasteiger partial charge in [0.25, 0.3) is 0 Å². The van der Waals surface area contributed by atoms with Crippen molar-refractivity contribution < 1.29 is 0 Å². The average Bonchev–Trinajstić information content (AvgIpc) is 4.17. The second-order valence-electron chi connectivity index (χ2n) is 16.2. The summed E-state index contributed by atoms with van der Waals surface area (Å²) in [5.74, 6) is 5.10. The summed E-state index contributed by atoms with van der Waals surface area (Å²) in [7, 11) is -0.118. The van der Waals surface area contributed by atoms with Gasteiger partial charge in [-0.05, 0) is 148 Å².